The van der Waals surface area contributed by atoms with Crippen molar-refractivity contribution < 1.29 is 14.3 Å². The number of rotatable bonds is 8. The molecule has 1 amide bonds. The van der Waals surface area contributed by atoms with Crippen LogP contribution >= 0.6 is 22.6 Å². The van der Waals surface area contributed by atoms with E-state index in [-0.39, 0.29) is 12.0 Å². The maximum atomic E-state index is 12.7. The zero-order valence-corrected chi connectivity index (χ0v) is 19.5. The molecule has 0 fully saturated rings. The van der Waals surface area contributed by atoms with Crippen molar-refractivity contribution in [1.29, 1.82) is 0 Å². The Bertz CT molecular complexity index is 1010. The number of hydrogen-bond acceptors (Lipinski definition) is 4. The Labute approximate surface area is 191 Å². The lowest BCUT2D eigenvalue weighted by Crippen LogP contribution is -2.16. The number of carbonyl (C=O) groups is 1. The van der Waals surface area contributed by atoms with E-state index in [0.29, 0.717) is 29.3 Å². The van der Waals surface area contributed by atoms with E-state index in [4.69, 9.17) is 9.47 Å². The molecular weight excluding hydrogens is 491 g/mol. The van der Waals surface area contributed by atoms with Crippen LogP contribution < -0.4 is 10.1 Å². The van der Waals surface area contributed by atoms with E-state index in [2.05, 4.69) is 32.9 Å². The fraction of sp³-hybridized carbons (Fsp3) is 0.250. The minimum atomic E-state index is -0.185. The van der Waals surface area contributed by atoms with Gasteiger partial charge in [-0.05, 0) is 98.0 Å². The SMILES string of the molecule is CCOC(C)Cc1ccc(C(=O)Nc2ccc(Oc3cccc(I)c3)cc2)c(C)n1. The number of pyridine rings is 1. The number of ether oxygens (including phenoxy) is 2. The molecule has 0 saturated carbocycles. The van der Waals surface area contributed by atoms with Gasteiger partial charge in [-0.15, -0.1) is 0 Å². The number of halogens is 1. The molecule has 3 aromatic rings. The van der Waals surface area contributed by atoms with Gasteiger partial charge < -0.3 is 14.8 Å². The van der Waals surface area contributed by atoms with Gasteiger partial charge in [0.15, 0.2) is 0 Å². The maximum absolute atomic E-state index is 12.7. The van der Waals surface area contributed by atoms with Crippen molar-refractivity contribution >= 4 is 34.2 Å². The summed E-state index contributed by atoms with van der Waals surface area (Å²) in [4.78, 5) is 17.2. The Balaban J connectivity index is 1.62. The average molecular weight is 516 g/mol. The van der Waals surface area contributed by atoms with E-state index in [1.807, 2.05) is 81.4 Å². The van der Waals surface area contributed by atoms with Crippen LogP contribution in [0.15, 0.2) is 60.7 Å². The van der Waals surface area contributed by atoms with Gasteiger partial charge in [-0.3, -0.25) is 9.78 Å². The summed E-state index contributed by atoms with van der Waals surface area (Å²) in [6.07, 6.45) is 0.820. The van der Waals surface area contributed by atoms with Gasteiger partial charge in [0.25, 0.3) is 5.91 Å². The predicted molar refractivity (Wildman–Crippen MR) is 127 cm³/mol. The quantitative estimate of drug-likeness (QED) is 0.373. The summed E-state index contributed by atoms with van der Waals surface area (Å²) in [5.74, 6) is 1.30. The molecule has 30 heavy (non-hydrogen) atoms. The number of nitrogens with zero attached hydrogens (tertiary/aromatic N) is 1. The zero-order chi connectivity index (χ0) is 21.5. The first-order valence-electron chi connectivity index (χ1n) is 9.87. The summed E-state index contributed by atoms with van der Waals surface area (Å²) in [6.45, 7) is 6.52. The van der Waals surface area contributed by atoms with E-state index in [1.165, 1.54) is 0 Å². The molecule has 0 spiro atoms. The molecule has 0 aliphatic carbocycles. The molecule has 0 aliphatic heterocycles. The number of aromatic nitrogens is 1. The van der Waals surface area contributed by atoms with Crippen LogP contribution in [-0.4, -0.2) is 23.6 Å². The lowest BCUT2D eigenvalue weighted by molar-refractivity contribution is 0.0761. The molecule has 3 rings (SSSR count). The molecule has 2 aromatic carbocycles. The summed E-state index contributed by atoms with van der Waals surface area (Å²) in [6, 6.07) is 18.8. The molecule has 1 unspecified atom stereocenters. The summed E-state index contributed by atoms with van der Waals surface area (Å²) >= 11 is 2.25. The number of anilines is 1. The second-order valence-corrected chi connectivity index (χ2v) is 8.19. The van der Waals surface area contributed by atoms with Crippen LogP contribution in [0.3, 0.4) is 0 Å². The first-order chi connectivity index (χ1) is 14.4. The van der Waals surface area contributed by atoms with Crippen molar-refractivity contribution in [1.82, 2.24) is 4.98 Å². The van der Waals surface area contributed by atoms with Crippen LogP contribution in [0.4, 0.5) is 5.69 Å². The molecule has 156 valence electrons. The topological polar surface area (TPSA) is 60.5 Å². The third kappa shape index (κ3) is 6.27. The van der Waals surface area contributed by atoms with Gasteiger partial charge in [0.1, 0.15) is 11.5 Å². The number of benzene rings is 2. The van der Waals surface area contributed by atoms with Gasteiger partial charge in [-0.1, -0.05) is 6.07 Å². The average Bonchev–Trinajstić information content (AvgIpc) is 2.69. The van der Waals surface area contributed by atoms with Gasteiger partial charge in [0.2, 0.25) is 0 Å². The van der Waals surface area contributed by atoms with Crippen LogP contribution in [0.25, 0.3) is 0 Å². The molecule has 0 saturated heterocycles. The molecule has 5 nitrogen and oxygen atoms in total. The van der Waals surface area contributed by atoms with Gasteiger partial charge in [0.05, 0.1) is 17.4 Å². The highest BCUT2D eigenvalue weighted by Crippen LogP contribution is 2.24. The number of aryl methyl sites for hydroxylation is 1. The Morgan fingerprint density at radius 3 is 2.53 bits per heavy atom. The first-order valence-corrected chi connectivity index (χ1v) is 11.0. The molecule has 0 bridgehead atoms. The number of nitrogens with one attached hydrogen (secondary N) is 1. The minimum absolute atomic E-state index is 0.0988. The van der Waals surface area contributed by atoms with Crippen LogP contribution in [0.1, 0.15) is 35.6 Å². The molecular formula is C24H25IN2O3. The zero-order valence-electron chi connectivity index (χ0n) is 17.3. The number of hydrogen-bond donors (Lipinski definition) is 1. The fourth-order valence-corrected chi connectivity index (χ4v) is 3.59. The fourth-order valence-electron chi connectivity index (χ4n) is 3.08. The van der Waals surface area contributed by atoms with E-state index in [0.717, 1.165) is 21.4 Å². The Kier molecular flexibility index (Phi) is 7.81. The third-order valence-electron chi connectivity index (χ3n) is 4.48. The van der Waals surface area contributed by atoms with E-state index in [1.54, 1.807) is 0 Å². The standard InChI is InChI=1S/C24H25IN2O3/c1-4-29-16(2)14-20-10-13-23(17(3)26-20)24(28)27-19-8-11-21(12-9-19)30-22-7-5-6-18(25)15-22/h5-13,15-16H,4,14H2,1-3H3,(H,27,28). The summed E-state index contributed by atoms with van der Waals surface area (Å²) < 4.78 is 12.5. The largest absolute Gasteiger partial charge is 0.457 e. The smallest absolute Gasteiger partial charge is 0.257 e. The molecule has 1 atom stereocenters. The van der Waals surface area contributed by atoms with Gasteiger partial charge in [-0.2, -0.15) is 0 Å². The highest BCUT2D eigenvalue weighted by molar-refractivity contribution is 14.1. The Morgan fingerprint density at radius 1 is 1.10 bits per heavy atom. The molecule has 1 N–H and O–H groups in total. The van der Waals surface area contributed by atoms with Crippen molar-refractivity contribution in [2.75, 3.05) is 11.9 Å². The van der Waals surface area contributed by atoms with Gasteiger partial charge in [-0.25, -0.2) is 0 Å². The van der Waals surface area contributed by atoms with Gasteiger partial charge >= 0.3 is 0 Å². The van der Waals surface area contributed by atoms with Crippen LogP contribution in [0, 0.1) is 10.5 Å². The van der Waals surface area contributed by atoms with E-state index >= 15 is 0 Å². The summed E-state index contributed by atoms with van der Waals surface area (Å²) in [7, 11) is 0. The van der Waals surface area contributed by atoms with Crippen molar-refractivity contribution in [2.24, 2.45) is 0 Å². The van der Waals surface area contributed by atoms with Crippen molar-refractivity contribution in [3.8, 4) is 11.5 Å². The van der Waals surface area contributed by atoms with Crippen molar-refractivity contribution in [3.63, 3.8) is 0 Å². The second kappa shape index (κ2) is 10.5. The molecule has 6 heteroatoms. The lowest BCUT2D eigenvalue weighted by Gasteiger charge is -2.13. The van der Waals surface area contributed by atoms with E-state index < -0.39 is 0 Å². The summed E-state index contributed by atoms with van der Waals surface area (Å²) in [5, 5.41) is 2.92. The Morgan fingerprint density at radius 2 is 1.87 bits per heavy atom. The molecule has 0 radical (unpaired) electrons. The van der Waals surface area contributed by atoms with Crippen LogP contribution in [-0.2, 0) is 11.2 Å². The third-order valence-corrected chi connectivity index (χ3v) is 5.15. The monoisotopic (exact) mass is 516 g/mol. The maximum Gasteiger partial charge on any atom is 0.257 e. The highest BCUT2D eigenvalue weighted by Gasteiger charge is 2.13. The van der Waals surface area contributed by atoms with Crippen LogP contribution in [0.5, 0.6) is 11.5 Å². The highest BCUT2D eigenvalue weighted by atomic mass is 127. The van der Waals surface area contributed by atoms with Crippen molar-refractivity contribution in [2.45, 2.75) is 33.3 Å². The number of carbonyl (C=O) groups excluding carboxylic acids is 1. The molecule has 1 heterocycles. The minimum Gasteiger partial charge on any atom is -0.457 e. The molecule has 0 aliphatic rings. The predicted octanol–water partition coefficient (Wildman–Crippen LogP) is 6.01. The van der Waals surface area contributed by atoms with Crippen LogP contribution in [0.2, 0.25) is 0 Å². The first kappa shape index (κ1) is 22.2. The molecule has 1 aromatic heterocycles. The van der Waals surface area contributed by atoms with Crippen molar-refractivity contribution in [3.05, 3.63) is 81.2 Å². The second-order valence-electron chi connectivity index (χ2n) is 6.94. The van der Waals surface area contributed by atoms with E-state index in [9.17, 15) is 4.79 Å². The number of amides is 1. The van der Waals surface area contributed by atoms with Gasteiger partial charge in [0, 0.05) is 28.0 Å². The summed E-state index contributed by atoms with van der Waals surface area (Å²) in [5.41, 5.74) is 2.87. The normalized spacial score (nSPS) is 11.7. The Hall–Kier alpha value is -2.45. The lowest BCUT2D eigenvalue weighted by atomic mass is 10.1.